The zero-order valence-electron chi connectivity index (χ0n) is 16.2. The first kappa shape index (κ1) is 19.3. The van der Waals surface area contributed by atoms with Gasteiger partial charge in [0.25, 0.3) is 0 Å². The van der Waals surface area contributed by atoms with Crippen molar-refractivity contribution in [2.45, 2.75) is 13.0 Å². The van der Waals surface area contributed by atoms with E-state index in [-0.39, 0.29) is 6.61 Å². The third-order valence-corrected chi connectivity index (χ3v) is 6.23. The standard InChI is InChI=1S/C22H21NO5S/c1-27-20-7-5-16-11-15(3-4-17(16)13-20)14-28-22(24)19-6-8-21-18(12-19)9-10-23(21)29(2,25)26/h3-8,11-13H,9-10,14H2,1-2H3. The lowest BCUT2D eigenvalue weighted by atomic mass is 10.1. The summed E-state index contributed by atoms with van der Waals surface area (Å²) in [4.78, 5) is 12.5. The summed E-state index contributed by atoms with van der Waals surface area (Å²) < 4.78 is 35.7. The number of rotatable bonds is 5. The molecule has 7 heteroatoms. The highest BCUT2D eigenvalue weighted by Crippen LogP contribution is 2.31. The number of benzene rings is 3. The van der Waals surface area contributed by atoms with E-state index >= 15 is 0 Å². The van der Waals surface area contributed by atoms with E-state index in [1.54, 1.807) is 25.3 Å². The van der Waals surface area contributed by atoms with Gasteiger partial charge in [-0.05, 0) is 64.7 Å². The monoisotopic (exact) mass is 411 g/mol. The van der Waals surface area contributed by atoms with Crippen LogP contribution in [-0.2, 0) is 27.8 Å². The van der Waals surface area contributed by atoms with Crippen LogP contribution in [0.2, 0.25) is 0 Å². The second kappa shape index (κ2) is 7.40. The summed E-state index contributed by atoms with van der Waals surface area (Å²) in [6.07, 6.45) is 1.77. The van der Waals surface area contributed by atoms with Crippen molar-refractivity contribution in [2.24, 2.45) is 0 Å². The molecule has 0 aromatic heterocycles. The Bertz CT molecular complexity index is 1200. The maximum absolute atomic E-state index is 12.5. The van der Waals surface area contributed by atoms with Gasteiger partial charge in [0.05, 0.1) is 24.6 Å². The highest BCUT2D eigenvalue weighted by atomic mass is 32.2. The first-order valence-electron chi connectivity index (χ1n) is 9.19. The lowest BCUT2D eigenvalue weighted by molar-refractivity contribution is 0.0473. The molecule has 150 valence electrons. The molecule has 0 saturated heterocycles. The van der Waals surface area contributed by atoms with E-state index in [1.165, 1.54) is 10.6 Å². The minimum absolute atomic E-state index is 0.160. The summed E-state index contributed by atoms with van der Waals surface area (Å²) in [6.45, 7) is 0.557. The number of nitrogens with zero attached hydrogens (tertiary/aromatic N) is 1. The Kier molecular flexibility index (Phi) is 4.92. The Balaban J connectivity index is 1.47. The van der Waals surface area contributed by atoms with Crippen molar-refractivity contribution in [3.05, 3.63) is 71.3 Å². The van der Waals surface area contributed by atoms with Gasteiger partial charge in [-0.3, -0.25) is 4.31 Å². The third kappa shape index (κ3) is 3.91. The number of ether oxygens (including phenoxy) is 2. The molecule has 3 aromatic rings. The average Bonchev–Trinajstić information content (AvgIpc) is 3.15. The average molecular weight is 411 g/mol. The Morgan fingerprint density at radius 2 is 1.79 bits per heavy atom. The Hall–Kier alpha value is -3.06. The number of sulfonamides is 1. The topological polar surface area (TPSA) is 72.9 Å². The summed E-state index contributed by atoms with van der Waals surface area (Å²) >= 11 is 0. The Morgan fingerprint density at radius 3 is 2.55 bits per heavy atom. The van der Waals surface area contributed by atoms with Gasteiger partial charge in [0, 0.05) is 6.54 Å². The van der Waals surface area contributed by atoms with Crippen molar-refractivity contribution < 1.29 is 22.7 Å². The van der Waals surface area contributed by atoms with E-state index in [9.17, 15) is 13.2 Å². The van der Waals surface area contributed by atoms with Crippen LogP contribution in [0, 0.1) is 0 Å². The second-order valence-electron chi connectivity index (χ2n) is 7.05. The van der Waals surface area contributed by atoms with Gasteiger partial charge in [0.2, 0.25) is 10.0 Å². The van der Waals surface area contributed by atoms with E-state index in [0.717, 1.165) is 27.6 Å². The number of methoxy groups -OCH3 is 1. The maximum atomic E-state index is 12.5. The lowest BCUT2D eigenvalue weighted by Gasteiger charge is -2.16. The summed E-state index contributed by atoms with van der Waals surface area (Å²) in [5.74, 6) is 0.364. The molecule has 29 heavy (non-hydrogen) atoms. The van der Waals surface area contributed by atoms with Crippen molar-refractivity contribution in [2.75, 3.05) is 24.2 Å². The number of carbonyl (C=O) groups excluding carboxylic acids is 1. The largest absolute Gasteiger partial charge is 0.497 e. The SMILES string of the molecule is COc1ccc2cc(COC(=O)c3ccc4c(c3)CCN4S(C)(=O)=O)ccc2c1. The number of esters is 1. The van der Waals surface area contributed by atoms with E-state index in [4.69, 9.17) is 9.47 Å². The van der Waals surface area contributed by atoms with Crippen LogP contribution in [-0.4, -0.2) is 34.3 Å². The predicted octanol–water partition coefficient (Wildman–Crippen LogP) is 3.53. The zero-order valence-corrected chi connectivity index (χ0v) is 17.0. The molecule has 0 N–H and O–H groups in total. The molecule has 1 aliphatic heterocycles. The van der Waals surface area contributed by atoms with Crippen molar-refractivity contribution in [1.29, 1.82) is 0 Å². The highest BCUT2D eigenvalue weighted by Gasteiger charge is 2.26. The van der Waals surface area contributed by atoms with E-state index < -0.39 is 16.0 Å². The fourth-order valence-corrected chi connectivity index (χ4v) is 4.52. The van der Waals surface area contributed by atoms with Gasteiger partial charge in [-0.1, -0.05) is 18.2 Å². The summed E-state index contributed by atoms with van der Waals surface area (Å²) in [7, 11) is -1.68. The number of fused-ring (bicyclic) bond motifs is 2. The molecule has 0 fully saturated rings. The number of hydrogen-bond donors (Lipinski definition) is 0. The molecule has 6 nitrogen and oxygen atoms in total. The fourth-order valence-electron chi connectivity index (χ4n) is 3.57. The summed E-state index contributed by atoms with van der Waals surface area (Å²) in [6, 6.07) is 16.7. The molecule has 3 aromatic carbocycles. The number of carbonyl (C=O) groups is 1. The van der Waals surface area contributed by atoms with Crippen molar-refractivity contribution in [1.82, 2.24) is 0 Å². The first-order chi connectivity index (χ1) is 13.8. The van der Waals surface area contributed by atoms with Crippen LogP contribution in [0.15, 0.2) is 54.6 Å². The predicted molar refractivity (Wildman–Crippen MR) is 112 cm³/mol. The van der Waals surface area contributed by atoms with Crippen LogP contribution in [0.25, 0.3) is 10.8 Å². The second-order valence-corrected chi connectivity index (χ2v) is 8.96. The molecule has 0 atom stereocenters. The van der Waals surface area contributed by atoms with Crippen molar-refractivity contribution in [3.8, 4) is 5.75 Å². The molecule has 1 aliphatic rings. The lowest BCUT2D eigenvalue weighted by Crippen LogP contribution is -2.27. The molecule has 0 amide bonds. The molecule has 0 unspecified atom stereocenters. The minimum atomic E-state index is -3.31. The van der Waals surface area contributed by atoms with Crippen LogP contribution in [0.4, 0.5) is 5.69 Å². The zero-order chi connectivity index (χ0) is 20.6. The van der Waals surface area contributed by atoms with Crippen LogP contribution in [0.3, 0.4) is 0 Å². The van der Waals surface area contributed by atoms with Crippen LogP contribution < -0.4 is 9.04 Å². The highest BCUT2D eigenvalue weighted by molar-refractivity contribution is 7.92. The van der Waals surface area contributed by atoms with Gasteiger partial charge < -0.3 is 9.47 Å². The molecule has 0 aliphatic carbocycles. The van der Waals surface area contributed by atoms with Gasteiger partial charge in [0.15, 0.2) is 0 Å². The van der Waals surface area contributed by atoms with Crippen molar-refractivity contribution >= 4 is 32.5 Å². The van der Waals surface area contributed by atoms with Gasteiger partial charge in [-0.15, -0.1) is 0 Å². The minimum Gasteiger partial charge on any atom is -0.497 e. The molecule has 0 saturated carbocycles. The van der Waals surface area contributed by atoms with Crippen molar-refractivity contribution in [3.63, 3.8) is 0 Å². The third-order valence-electron chi connectivity index (χ3n) is 5.05. The van der Waals surface area contributed by atoms with Crippen LogP contribution in [0.1, 0.15) is 21.5 Å². The normalized spacial score (nSPS) is 13.4. The molecular formula is C22H21NO5S. The summed E-state index contributed by atoms with van der Waals surface area (Å²) in [5, 5.41) is 2.09. The molecule has 1 heterocycles. The Morgan fingerprint density at radius 1 is 1.03 bits per heavy atom. The molecule has 0 spiro atoms. The summed E-state index contributed by atoms with van der Waals surface area (Å²) in [5.41, 5.74) is 2.78. The van der Waals surface area contributed by atoms with E-state index in [2.05, 4.69) is 0 Å². The van der Waals surface area contributed by atoms with Gasteiger partial charge in [-0.2, -0.15) is 0 Å². The maximum Gasteiger partial charge on any atom is 0.338 e. The van der Waals surface area contributed by atoms with Gasteiger partial charge >= 0.3 is 5.97 Å². The van der Waals surface area contributed by atoms with Gasteiger partial charge in [0.1, 0.15) is 12.4 Å². The van der Waals surface area contributed by atoms with Gasteiger partial charge in [-0.25, -0.2) is 13.2 Å². The molecule has 0 radical (unpaired) electrons. The fraction of sp³-hybridized carbons (Fsp3) is 0.227. The molecular weight excluding hydrogens is 390 g/mol. The number of anilines is 1. The number of hydrogen-bond acceptors (Lipinski definition) is 5. The Labute approximate surface area is 169 Å². The van der Waals surface area contributed by atoms with Crippen LogP contribution >= 0.6 is 0 Å². The first-order valence-corrected chi connectivity index (χ1v) is 11.0. The molecule has 0 bridgehead atoms. The quantitative estimate of drug-likeness (QED) is 0.601. The smallest absolute Gasteiger partial charge is 0.338 e. The van der Waals surface area contributed by atoms with E-state index in [1.807, 2.05) is 36.4 Å². The van der Waals surface area contributed by atoms with E-state index in [0.29, 0.717) is 24.2 Å². The van der Waals surface area contributed by atoms with Crippen LogP contribution in [0.5, 0.6) is 5.75 Å². The molecule has 4 rings (SSSR count).